The van der Waals surface area contributed by atoms with Crippen molar-refractivity contribution in [2.24, 2.45) is 0 Å². The van der Waals surface area contributed by atoms with Crippen LogP contribution in [0.1, 0.15) is 10.4 Å². The van der Waals surface area contributed by atoms with Gasteiger partial charge in [-0.2, -0.15) is 0 Å². The molecule has 0 aliphatic heterocycles. The van der Waals surface area contributed by atoms with Crippen LogP contribution in [-0.4, -0.2) is 44.9 Å². The number of carbonyl (C=O) groups is 1. The molecule has 0 radical (unpaired) electrons. The predicted octanol–water partition coefficient (Wildman–Crippen LogP) is 1.55. The van der Waals surface area contributed by atoms with E-state index in [2.05, 4.69) is 0 Å². The van der Waals surface area contributed by atoms with Crippen LogP contribution in [0, 0.1) is 0 Å². The zero-order valence-corrected chi connectivity index (χ0v) is 10.9. The van der Waals surface area contributed by atoms with Crippen molar-refractivity contribution in [2.75, 3.05) is 27.4 Å². The summed E-state index contributed by atoms with van der Waals surface area (Å²) in [5.41, 5.74) is 0.268. The van der Waals surface area contributed by atoms with Gasteiger partial charge < -0.3 is 19.3 Å². The fourth-order valence-corrected chi connectivity index (χ4v) is 1.62. The van der Waals surface area contributed by atoms with Crippen molar-refractivity contribution in [1.29, 1.82) is 0 Å². The maximum Gasteiger partial charge on any atom is 0.171 e. The van der Waals surface area contributed by atoms with Crippen LogP contribution in [0.5, 0.6) is 11.5 Å². The average molecular weight is 275 g/mol. The van der Waals surface area contributed by atoms with Crippen molar-refractivity contribution in [1.82, 2.24) is 0 Å². The van der Waals surface area contributed by atoms with Gasteiger partial charge in [0.25, 0.3) is 0 Å². The Bertz CT molecular complexity index is 408. The summed E-state index contributed by atoms with van der Waals surface area (Å²) in [6.07, 6.45) is -0.165. The van der Waals surface area contributed by atoms with Crippen molar-refractivity contribution in [3.63, 3.8) is 0 Å². The second-order valence-corrected chi connectivity index (χ2v) is 4.00. The van der Waals surface area contributed by atoms with Gasteiger partial charge in [-0.05, 0) is 6.07 Å². The van der Waals surface area contributed by atoms with Crippen LogP contribution in [0.15, 0.2) is 12.1 Å². The number of aldehydes is 1. The summed E-state index contributed by atoms with van der Waals surface area (Å²) in [5.74, 6) is 0.598. The van der Waals surface area contributed by atoms with E-state index < -0.39 is 6.10 Å². The van der Waals surface area contributed by atoms with Crippen LogP contribution in [0.4, 0.5) is 0 Å². The fourth-order valence-electron chi connectivity index (χ4n) is 1.40. The molecule has 0 bridgehead atoms. The van der Waals surface area contributed by atoms with Crippen molar-refractivity contribution in [3.05, 3.63) is 22.7 Å². The molecule has 0 heterocycles. The molecule has 0 saturated carbocycles. The first-order valence-corrected chi connectivity index (χ1v) is 5.62. The SMILES string of the molecule is COCC(O)COc1c(C=O)cc(Cl)cc1OC. The summed E-state index contributed by atoms with van der Waals surface area (Å²) in [4.78, 5) is 10.9. The van der Waals surface area contributed by atoms with Crippen LogP contribution in [0.3, 0.4) is 0 Å². The van der Waals surface area contributed by atoms with Crippen molar-refractivity contribution >= 4 is 17.9 Å². The molecule has 1 rings (SSSR count). The highest BCUT2D eigenvalue weighted by Crippen LogP contribution is 2.33. The van der Waals surface area contributed by atoms with E-state index in [0.29, 0.717) is 17.1 Å². The second-order valence-electron chi connectivity index (χ2n) is 3.56. The Morgan fingerprint density at radius 3 is 2.67 bits per heavy atom. The Morgan fingerprint density at radius 1 is 1.39 bits per heavy atom. The third kappa shape index (κ3) is 3.87. The largest absolute Gasteiger partial charge is 0.493 e. The molecule has 1 atom stereocenters. The molecular weight excluding hydrogens is 260 g/mol. The summed E-state index contributed by atoms with van der Waals surface area (Å²) in [6, 6.07) is 3.00. The zero-order valence-electron chi connectivity index (χ0n) is 10.2. The van der Waals surface area contributed by atoms with E-state index in [1.54, 1.807) is 0 Å². The molecule has 1 unspecified atom stereocenters. The lowest BCUT2D eigenvalue weighted by molar-refractivity contribution is 0.0317. The molecular formula is C12H15ClO5. The van der Waals surface area contributed by atoms with Gasteiger partial charge in [0.2, 0.25) is 0 Å². The van der Waals surface area contributed by atoms with Gasteiger partial charge in [-0.15, -0.1) is 0 Å². The quantitative estimate of drug-likeness (QED) is 0.764. The number of ether oxygens (including phenoxy) is 3. The van der Waals surface area contributed by atoms with E-state index in [0.717, 1.165) is 0 Å². The summed E-state index contributed by atoms with van der Waals surface area (Å²) in [5, 5.41) is 9.86. The Hall–Kier alpha value is -1.30. The van der Waals surface area contributed by atoms with Gasteiger partial charge >= 0.3 is 0 Å². The number of carbonyl (C=O) groups excluding carboxylic acids is 1. The number of aliphatic hydroxyl groups excluding tert-OH is 1. The normalized spacial score (nSPS) is 12.0. The highest BCUT2D eigenvalue weighted by molar-refractivity contribution is 6.31. The summed E-state index contributed by atoms with van der Waals surface area (Å²) in [6.45, 7) is 0.138. The van der Waals surface area contributed by atoms with Crippen molar-refractivity contribution in [2.45, 2.75) is 6.10 Å². The maximum atomic E-state index is 10.9. The number of hydrogen-bond acceptors (Lipinski definition) is 5. The highest BCUT2D eigenvalue weighted by atomic mass is 35.5. The van der Waals surface area contributed by atoms with E-state index in [4.69, 9.17) is 25.8 Å². The maximum absolute atomic E-state index is 10.9. The molecule has 1 N–H and O–H groups in total. The van der Waals surface area contributed by atoms with Crippen LogP contribution in [-0.2, 0) is 4.74 Å². The van der Waals surface area contributed by atoms with Gasteiger partial charge in [-0.1, -0.05) is 11.6 Å². The first-order valence-electron chi connectivity index (χ1n) is 5.24. The van der Waals surface area contributed by atoms with Gasteiger partial charge in [-0.25, -0.2) is 0 Å². The van der Waals surface area contributed by atoms with Crippen LogP contribution in [0.2, 0.25) is 5.02 Å². The highest BCUT2D eigenvalue weighted by Gasteiger charge is 2.14. The molecule has 0 spiro atoms. The molecule has 0 aliphatic rings. The molecule has 0 fully saturated rings. The molecule has 1 aromatic carbocycles. The summed E-state index contributed by atoms with van der Waals surface area (Å²) in [7, 11) is 2.92. The molecule has 0 amide bonds. The van der Waals surface area contributed by atoms with E-state index >= 15 is 0 Å². The number of rotatable bonds is 7. The molecule has 1 aromatic rings. The third-order valence-electron chi connectivity index (χ3n) is 2.17. The van der Waals surface area contributed by atoms with E-state index in [1.165, 1.54) is 26.4 Å². The molecule has 0 saturated heterocycles. The fraction of sp³-hybridized carbons (Fsp3) is 0.417. The smallest absolute Gasteiger partial charge is 0.171 e. The predicted molar refractivity (Wildman–Crippen MR) is 66.8 cm³/mol. The molecule has 6 heteroatoms. The monoisotopic (exact) mass is 274 g/mol. The Labute approximate surface area is 110 Å². The first kappa shape index (κ1) is 14.8. The van der Waals surface area contributed by atoms with Crippen molar-refractivity contribution < 1.29 is 24.1 Å². The third-order valence-corrected chi connectivity index (χ3v) is 2.39. The standard InChI is InChI=1S/C12H15ClO5/c1-16-6-10(15)7-18-12-8(5-14)3-9(13)4-11(12)17-2/h3-5,10,15H,6-7H2,1-2H3. The number of hydrogen-bond donors (Lipinski definition) is 1. The molecule has 5 nitrogen and oxygen atoms in total. The number of benzene rings is 1. The number of halogens is 1. The minimum absolute atomic E-state index is 0.00727. The second kappa shape index (κ2) is 7.20. The topological polar surface area (TPSA) is 65.0 Å². The lowest BCUT2D eigenvalue weighted by Gasteiger charge is -2.15. The Morgan fingerprint density at radius 2 is 2.11 bits per heavy atom. The van der Waals surface area contributed by atoms with Gasteiger partial charge in [0.05, 0.1) is 19.3 Å². The average Bonchev–Trinajstić information content (AvgIpc) is 2.36. The summed E-state index contributed by atoms with van der Waals surface area (Å²) >= 11 is 5.83. The van der Waals surface area contributed by atoms with Crippen LogP contribution < -0.4 is 9.47 Å². The van der Waals surface area contributed by atoms with Gasteiger partial charge in [-0.3, -0.25) is 4.79 Å². The number of methoxy groups -OCH3 is 2. The minimum Gasteiger partial charge on any atom is -0.493 e. The summed E-state index contributed by atoms with van der Waals surface area (Å²) < 4.78 is 15.2. The Kier molecular flexibility index (Phi) is 5.91. The van der Waals surface area contributed by atoms with Crippen molar-refractivity contribution in [3.8, 4) is 11.5 Å². The number of aliphatic hydroxyl groups is 1. The van der Waals surface area contributed by atoms with E-state index in [-0.39, 0.29) is 24.5 Å². The molecule has 100 valence electrons. The molecule has 18 heavy (non-hydrogen) atoms. The zero-order chi connectivity index (χ0) is 13.5. The van der Waals surface area contributed by atoms with Crippen LogP contribution >= 0.6 is 11.6 Å². The van der Waals surface area contributed by atoms with E-state index in [9.17, 15) is 9.90 Å². The van der Waals surface area contributed by atoms with Gasteiger partial charge in [0.15, 0.2) is 17.8 Å². The lowest BCUT2D eigenvalue weighted by Crippen LogP contribution is -2.23. The van der Waals surface area contributed by atoms with Crippen LogP contribution in [0.25, 0.3) is 0 Å². The van der Waals surface area contributed by atoms with Gasteiger partial charge in [0.1, 0.15) is 12.7 Å². The van der Waals surface area contributed by atoms with E-state index in [1.807, 2.05) is 0 Å². The Balaban J connectivity index is 2.88. The molecule has 0 aliphatic carbocycles. The molecule has 0 aromatic heterocycles. The van der Waals surface area contributed by atoms with Gasteiger partial charge in [0, 0.05) is 18.2 Å². The lowest BCUT2D eigenvalue weighted by atomic mass is 10.2. The minimum atomic E-state index is -0.783. The first-order chi connectivity index (χ1) is 8.62.